The molecule has 0 saturated carbocycles. The van der Waals surface area contributed by atoms with E-state index in [9.17, 15) is 53.1 Å². The van der Waals surface area contributed by atoms with Crippen LogP contribution in [0.5, 0.6) is 0 Å². The maximum absolute atomic E-state index is 14.1. The Labute approximate surface area is 167 Å². The van der Waals surface area contributed by atoms with Gasteiger partial charge in [-0.05, 0) is 12.1 Å². The Kier molecular flexibility index (Phi) is 6.92. The first-order valence-corrected chi connectivity index (χ1v) is 7.55. The Hall–Kier alpha value is -1.25. The Morgan fingerprint density at radius 1 is 0.793 bits per heavy atom. The molecule has 1 amide bonds. The zero-order chi connectivity index (χ0) is 23.2. The second-order valence-electron chi connectivity index (χ2n) is 4.98. The summed E-state index contributed by atoms with van der Waals surface area (Å²) in [7, 11) is 0. The van der Waals surface area contributed by atoms with Gasteiger partial charge in [-0.1, -0.05) is 34.8 Å². The van der Waals surface area contributed by atoms with Gasteiger partial charge in [0.25, 0.3) is 5.91 Å². The van der Waals surface area contributed by atoms with Gasteiger partial charge in [-0.15, -0.1) is 0 Å². The zero-order valence-electron chi connectivity index (χ0n) is 12.8. The number of carbonyl (C=O) groups is 1. The van der Waals surface area contributed by atoms with E-state index in [1.54, 1.807) is 0 Å². The molecule has 0 saturated heterocycles. The Morgan fingerprint density at radius 3 is 1.55 bits per heavy atom. The maximum Gasteiger partial charge on any atom is 0.462 e. The second-order valence-corrected chi connectivity index (χ2v) is 6.23. The van der Waals surface area contributed by atoms with Gasteiger partial charge in [-0.2, -0.15) is 48.3 Å². The Bertz CT molecular complexity index is 773. The van der Waals surface area contributed by atoms with Crippen LogP contribution in [-0.2, 0) is 9.53 Å². The van der Waals surface area contributed by atoms with E-state index in [0.717, 1.165) is 17.4 Å². The molecule has 1 N–H and O–H groups in total. The van der Waals surface area contributed by atoms with E-state index in [2.05, 4.69) is 4.74 Å². The predicted molar refractivity (Wildman–Crippen MR) is 77.0 cm³/mol. The topological polar surface area (TPSA) is 38.3 Å². The number of carbonyl (C=O) groups excluding carboxylic acids is 1. The van der Waals surface area contributed by atoms with Crippen LogP contribution < -0.4 is 5.32 Å². The van der Waals surface area contributed by atoms with Gasteiger partial charge in [0.15, 0.2) is 0 Å². The Morgan fingerprint density at radius 2 is 1.21 bits per heavy atom. The minimum absolute atomic E-state index is 0.257. The van der Waals surface area contributed by atoms with Crippen molar-refractivity contribution in [1.82, 2.24) is 0 Å². The molecule has 166 valence electrons. The zero-order valence-corrected chi connectivity index (χ0v) is 15.0. The molecule has 17 heteroatoms. The molecule has 0 fully saturated rings. The molecule has 1 rings (SSSR count). The van der Waals surface area contributed by atoms with Crippen LogP contribution in [0.4, 0.5) is 54.0 Å². The highest BCUT2D eigenvalue weighted by atomic mass is 35.5. The predicted octanol–water partition coefficient (Wildman–Crippen LogP) is 6.62. The van der Waals surface area contributed by atoms with E-state index in [1.165, 1.54) is 0 Å². The summed E-state index contributed by atoms with van der Waals surface area (Å²) in [5, 5.41) is -0.873. The number of nitrogens with one attached hydrogen (secondary N) is 1. The monoisotopic (exact) mass is 507 g/mol. The lowest BCUT2D eigenvalue weighted by molar-refractivity contribution is -0.472. The van der Waals surface area contributed by atoms with E-state index in [0.29, 0.717) is 0 Å². The third-order valence-electron chi connectivity index (χ3n) is 2.89. The molecular weight excluding hydrogens is 505 g/mol. The van der Waals surface area contributed by atoms with Crippen molar-refractivity contribution in [3.63, 3.8) is 0 Å². The molecule has 0 aliphatic heterocycles. The lowest BCUT2D eigenvalue weighted by Crippen LogP contribution is -2.62. The minimum atomic E-state index is -7.31. The molecular formula is C12H3Cl3F11NO2. The summed E-state index contributed by atoms with van der Waals surface area (Å²) in [5.74, 6) is -17.0. The van der Waals surface area contributed by atoms with E-state index >= 15 is 0 Å². The van der Waals surface area contributed by atoms with Crippen LogP contribution in [0, 0.1) is 0 Å². The number of amides is 1. The van der Waals surface area contributed by atoms with Crippen molar-refractivity contribution < 1.29 is 57.8 Å². The summed E-state index contributed by atoms with van der Waals surface area (Å²) >= 11 is 16.4. The van der Waals surface area contributed by atoms with Crippen molar-refractivity contribution in [1.29, 1.82) is 0 Å². The highest BCUT2D eigenvalue weighted by molar-refractivity contribution is 6.42. The number of anilines is 1. The number of ether oxygens (including phenoxy) is 1. The first-order chi connectivity index (χ1) is 12.7. The van der Waals surface area contributed by atoms with Crippen LogP contribution in [-0.4, -0.2) is 36.1 Å². The second kappa shape index (κ2) is 7.78. The van der Waals surface area contributed by atoms with Crippen molar-refractivity contribution in [2.45, 2.75) is 30.2 Å². The molecule has 0 unspecified atom stereocenters. The minimum Gasteiger partial charge on any atom is -0.318 e. The van der Waals surface area contributed by atoms with Crippen LogP contribution in [0.25, 0.3) is 0 Å². The number of rotatable bonds is 5. The molecule has 1 aromatic rings. The molecule has 1 atom stereocenters. The number of alkyl halides is 11. The first-order valence-electron chi connectivity index (χ1n) is 6.41. The fraction of sp³-hybridized carbons (Fsp3) is 0.417. The molecule has 0 radical (unpaired) electrons. The lowest BCUT2D eigenvalue weighted by Gasteiger charge is -2.34. The summed E-state index contributed by atoms with van der Waals surface area (Å²) in [6, 6.07) is 1.46. The average Bonchev–Trinajstić information content (AvgIpc) is 2.47. The van der Waals surface area contributed by atoms with Crippen molar-refractivity contribution in [2.24, 2.45) is 0 Å². The third kappa shape index (κ3) is 4.91. The molecule has 1 aromatic carbocycles. The van der Waals surface area contributed by atoms with Gasteiger partial charge in [0.2, 0.25) is 0 Å². The smallest absolute Gasteiger partial charge is 0.318 e. The summed E-state index contributed by atoms with van der Waals surface area (Å²) in [4.78, 5) is 11.6. The molecule has 0 aliphatic carbocycles. The SMILES string of the molecule is O=C(Nc1c(Cl)cc(Cl)cc1Cl)[C@@](F)(OC(F)(F)C(F)(F)C(F)(F)F)C(F)(F)F. The molecule has 0 heterocycles. The van der Waals surface area contributed by atoms with Crippen LogP contribution in [0.3, 0.4) is 0 Å². The van der Waals surface area contributed by atoms with Crippen molar-refractivity contribution in [2.75, 3.05) is 5.32 Å². The largest absolute Gasteiger partial charge is 0.462 e. The fourth-order valence-electron chi connectivity index (χ4n) is 1.49. The average molecular weight is 508 g/mol. The quantitative estimate of drug-likeness (QED) is 0.454. The Balaban J connectivity index is 3.41. The summed E-state index contributed by atoms with van der Waals surface area (Å²) < 4.78 is 143. The van der Waals surface area contributed by atoms with Gasteiger partial charge in [0.1, 0.15) is 0 Å². The van der Waals surface area contributed by atoms with Crippen LogP contribution >= 0.6 is 34.8 Å². The van der Waals surface area contributed by atoms with E-state index in [1.807, 2.05) is 0 Å². The third-order valence-corrected chi connectivity index (χ3v) is 3.71. The summed E-state index contributed by atoms with van der Waals surface area (Å²) in [5.41, 5.74) is -1.07. The van der Waals surface area contributed by atoms with Gasteiger partial charge < -0.3 is 5.32 Å². The highest BCUT2D eigenvalue weighted by Gasteiger charge is 2.79. The fourth-order valence-corrected chi connectivity index (χ4v) is 2.41. The van der Waals surface area contributed by atoms with E-state index in [4.69, 9.17) is 34.8 Å². The molecule has 3 nitrogen and oxygen atoms in total. The maximum atomic E-state index is 14.1. The van der Waals surface area contributed by atoms with E-state index < -0.39 is 51.9 Å². The highest BCUT2D eigenvalue weighted by Crippen LogP contribution is 2.51. The first kappa shape index (κ1) is 25.8. The molecule has 0 bridgehead atoms. The summed E-state index contributed by atoms with van der Waals surface area (Å²) in [6.07, 6.45) is -21.2. The van der Waals surface area contributed by atoms with Gasteiger partial charge in [-0.3, -0.25) is 9.53 Å². The number of hydrogen-bond acceptors (Lipinski definition) is 2. The number of halogens is 14. The molecule has 0 spiro atoms. The van der Waals surface area contributed by atoms with Crippen LogP contribution in [0.2, 0.25) is 15.1 Å². The van der Waals surface area contributed by atoms with Crippen LogP contribution in [0.1, 0.15) is 0 Å². The van der Waals surface area contributed by atoms with Crippen LogP contribution in [0.15, 0.2) is 12.1 Å². The van der Waals surface area contributed by atoms with Crippen molar-refractivity contribution in [3.8, 4) is 0 Å². The molecule has 29 heavy (non-hydrogen) atoms. The molecule has 0 aliphatic rings. The van der Waals surface area contributed by atoms with Crippen molar-refractivity contribution >= 4 is 46.4 Å². The standard InChI is InChI=1S/C12H3Cl3F11NO2/c13-3-1-4(14)6(5(15)2-3)27-7(28)8(16,10(19,20)21)29-12(25,26)9(17,18)11(22,23)24/h1-2H,(H,27,28)/t8-/m1/s1. The van der Waals surface area contributed by atoms with E-state index in [-0.39, 0.29) is 5.02 Å². The van der Waals surface area contributed by atoms with Gasteiger partial charge in [0.05, 0.1) is 15.7 Å². The van der Waals surface area contributed by atoms with Gasteiger partial charge >= 0.3 is 30.2 Å². The van der Waals surface area contributed by atoms with Gasteiger partial charge in [-0.25, -0.2) is 0 Å². The normalized spacial score (nSPS) is 15.8. The number of hydrogen-bond donors (Lipinski definition) is 1. The molecule has 0 aromatic heterocycles. The van der Waals surface area contributed by atoms with Gasteiger partial charge in [0, 0.05) is 5.02 Å². The summed E-state index contributed by atoms with van der Waals surface area (Å²) in [6.45, 7) is 0. The lowest BCUT2D eigenvalue weighted by atomic mass is 10.2. The van der Waals surface area contributed by atoms with Crippen molar-refractivity contribution in [3.05, 3.63) is 27.2 Å². The number of benzene rings is 1.